The Morgan fingerprint density at radius 3 is 2.95 bits per heavy atom. The molecule has 2 N–H and O–H groups in total. The van der Waals surface area contributed by atoms with E-state index >= 15 is 0 Å². The maximum absolute atomic E-state index is 12.7. The molecule has 1 heterocycles. The molecule has 0 bridgehead atoms. The molecule has 0 spiro atoms. The average Bonchev–Trinajstić information content (AvgIpc) is 2.84. The Bertz CT molecular complexity index is 498. The standard InChI is InChI=1S/C16H22N2O/c1-11-4-2-5-12-6-3-9-18(15(11)12)16(19)13-7-8-14(17)10-13/h2,4-5,13-14H,3,6-10,17H2,1H3. The second kappa shape index (κ2) is 4.97. The van der Waals surface area contributed by atoms with Gasteiger partial charge in [-0.05, 0) is 50.2 Å². The summed E-state index contributed by atoms with van der Waals surface area (Å²) in [5, 5.41) is 0. The Labute approximate surface area is 114 Å². The lowest BCUT2D eigenvalue weighted by atomic mass is 9.96. The lowest BCUT2D eigenvalue weighted by Gasteiger charge is -2.33. The van der Waals surface area contributed by atoms with E-state index in [1.54, 1.807) is 0 Å². The first-order chi connectivity index (χ1) is 9.16. The maximum Gasteiger partial charge on any atom is 0.230 e. The number of rotatable bonds is 1. The van der Waals surface area contributed by atoms with Gasteiger partial charge in [0.1, 0.15) is 0 Å². The van der Waals surface area contributed by atoms with Crippen molar-refractivity contribution in [1.29, 1.82) is 0 Å². The first kappa shape index (κ1) is 12.7. The third kappa shape index (κ3) is 2.27. The third-order valence-corrected chi connectivity index (χ3v) is 4.51. The molecular weight excluding hydrogens is 236 g/mol. The van der Waals surface area contributed by atoms with Crippen molar-refractivity contribution in [3.63, 3.8) is 0 Å². The highest BCUT2D eigenvalue weighted by Gasteiger charge is 2.33. The molecule has 3 nitrogen and oxygen atoms in total. The van der Waals surface area contributed by atoms with E-state index in [2.05, 4.69) is 25.1 Å². The van der Waals surface area contributed by atoms with Crippen molar-refractivity contribution in [2.45, 2.75) is 45.1 Å². The number of carbonyl (C=O) groups excluding carboxylic acids is 1. The highest BCUT2D eigenvalue weighted by atomic mass is 16.2. The Balaban J connectivity index is 1.89. The van der Waals surface area contributed by atoms with Gasteiger partial charge >= 0.3 is 0 Å². The van der Waals surface area contributed by atoms with Gasteiger partial charge in [-0.15, -0.1) is 0 Å². The van der Waals surface area contributed by atoms with E-state index in [1.165, 1.54) is 16.8 Å². The average molecular weight is 258 g/mol. The molecule has 1 aliphatic carbocycles. The van der Waals surface area contributed by atoms with Crippen molar-refractivity contribution in [3.05, 3.63) is 29.3 Å². The van der Waals surface area contributed by atoms with E-state index in [0.29, 0.717) is 5.91 Å². The van der Waals surface area contributed by atoms with E-state index < -0.39 is 0 Å². The van der Waals surface area contributed by atoms with Crippen LogP contribution in [0.25, 0.3) is 0 Å². The molecule has 1 amide bonds. The van der Waals surface area contributed by atoms with Gasteiger partial charge in [-0.3, -0.25) is 4.79 Å². The molecule has 1 aromatic carbocycles. The van der Waals surface area contributed by atoms with Gasteiger partial charge in [0.05, 0.1) is 0 Å². The highest BCUT2D eigenvalue weighted by Crippen LogP contribution is 2.34. The lowest BCUT2D eigenvalue weighted by Crippen LogP contribution is -2.39. The lowest BCUT2D eigenvalue weighted by molar-refractivity contribution is -0.122. The Hall–Kier alpha value is -1.35. The molecule has 0 radical (unpaired) electrons. The molecule has 3 rings (SSSR count). The summed E-state index contributed by atoms with van der Waals surface area (Å²) in [5.41, 5.74) is 9.65. The number of nitrogens with two attached hydrogens (primary N) is 1. The zero-order valence-electron chi connectivity index (χ0n) is 11.6. The van der Waals surface area contributed by atoms with Crippen LogP contribution in [0.2, 0.25) is 0 Å². The van der Waals surface area contributed by atoms with E-state index in [4.69, 9.17) is 5.73 Å². The van der Waals surface area contributed by atoms with Crippen LogP contribution in [0, 0.1) is 12.8 Å². The second-order valence-electron chi connectivity index (χ2n) is 5.95. The van der Waals surface area contributed by atoms with Gasteiger partial charge in [0, 0.05) is 24.2 Å². The van der Waals surface area contributed by atoms with E-state index in [9.17, 15) is 4.79 Å². The number of aryl methyl sites for hydroxylation is 2. The molecule has 2 unspecified atom stereocenters. The molecule has 102 valence electrons. The summed E-state index contributed by atoms with van der Waals surface area (Å²) >= 11 is 0. The minimum Gasteiger partial charge on any atom is -0.328 e. The molecule has 1 aromatic rings. The zero-order chi connectivity index (χ0) is 13.4. The van der Waals surface area contributed by atoms with Crippen molar-refractivity contribution in [1.82, 2.24) is 0 Å². The summed E-state index contributed by atoms with van der Waals surface area (Å²) in [5.74, 6) is 0.434. The van der Waals surface area contributed by atoms with Crippen LogP contribution in [0.4, 0.5) is 5.69 Å². The molecule has 3 heteroatoms. The number of benzene rings is 1. The molecule has 1 saturated carbocycles. The van der Waals surface area contributed by atoms with Crippen LogP contribution < -0.4 is 10.6 Å². The molecule has 1 aliphatic heterocycles. The predicted molar refractivity (Wildman–Crippen MR) is 77.2 cm³/mol. The molecule has 1 fully saturated rings. The van der Waals surface area contributed by atoms with Gasteiger partial charge in [-0.25, -0.2) is 0 Å². The fraction of sp³-hybridized carbons (Fsp3) is 0.562. The summed E-state index contributed by atoms with van der Waals surface area (Å²) in [6.07, 6.45) is 4.96. The van der Waals surface area contributed by atoms with Crippen molar-refractivity contribution in [2.24, 2.45) is 11.7 Å². The van der Waals surface area contributed by atoms with Crippen LogP contribution in [0.5, 0.6) is 0 Å². The number of carbonyl (C=O) groups is 1. The summed E-state index contributed by atoms with van der Waals surface area (Å²) in [4.78, 5) is 14.8. The summed E-state index contributed by atoms with van der Waals surface area (Å²) in [7, 11) is 0. The largest absolute Gasteiger partial charge is 0.328 e. The fourth-order valence-corrected chi connectivity index (χ4v) is 3.53. The maximum atomic E-state index is 12.7. The highest BCUT2D eigenvalue weighted by molar-refractivity contribution is 5.97. The smallest absolute Gasteiger partial charge is 0.230 e. The van der Waals surface area contributed by atoms with Crippen LogP contribution in [-0.2, 0) is 11.2 Å². The fourth-order valence-electron chi connectivity index (χ4n) is 3.53. The summed E-state index contributed by atoms with van der Waals surface area (Å²) in [6, 6.07) is 6.57. The monoisotopic (exact) mass is 258 g/mol. The molecule has 19 heavy (non-hydrogen) atoms. The van der Waals surface area contributed by atoms with Crippen LogP contribution in [0.3, 0.4) is 0 Å². The Morgan fingerprint density at radius 1 is 1.37 bits per heavy atom. The van der Waals surface area contributed by atoms with Crippen LogP contribution >= 0.6 is 0 Å². The molecule has 0 aromatic heterocycles. The molecule has 0 saturated heterocycles. The number of para-hydroxylation sites is 1. The minimum absolute atomic E-state index is 0.139. The number of nitrogens with zero attached hydrogens (tertiary/aromatic N) is 1. The number of amides is 1. The Morgan fingerprint density at radius 2 is 2.21 bits per heavy atom. The summed E-state index contributed by atoms with van der Waals surface area (Å²) in [6.45, 7) is 2.97. The number of hydrogen-bond donors (Lipinski definition) is 1. The molecular formula is C16H22N2O. The van der Waals surface area contributed by atoms with Crippen LogP contribution in [-0.4, -0.2) is 18.5 Å². The number of anilines is 1. The topological polar surface area (TPSA) is 46.3 Å². The first-order valence-electron chi connectivity index (χ1n) is 7.32. The van der Waals surface area contributed by atoms with Crippen molar-refractivity contribution >= 4 is 11.6 Å². The zero-order valence-corrected chi connectivity index (χ0v) is 11.6. The minimum atomic E-state index is 0.139. The summed E-state index contributed by atoms with van der Waals surface area (Å²) < 4.78 is 0. The van der Waals surface area contributed by atoms with Gasteiger partial charge < -0.3 is 10.6 Å². The van der Waals surface area contributed by atoms with Crippen LogP contribution in [0.15, 0.2) is 18.2 Å². The second-order valence-corrected chi connectivity index (χ2v) is 5.95. The van der Waals surface area contributed by atoms with Crippen molar-refractivity contribution < 1.29 is 4.79 Å². The van der Waals surface area contributed by atoms with E-state index in [0.717, 1.165) is 38.6 Å². The third-order valence-electron chi connectivity index (χ3n) is 4.51. The van der Waals surface area contributed by atoms with Gasteiger partial charge in [0.25, 0.3) is 0 Å². The normalized spacial score (nSPS) is 26.3. The number of hydrogen-bond acceptors (Lipinski definition) is 2. The molecule has 2 atom stereocenters. The van der Waals surface area contributed by atoms with Gasteiger partial charge in [0.15, 0.2) is 0 Å². The SMILES string of the molecule is Cc1cccc2c1N(C(=O)C1CCC(N)C1)CCC2. The van der Waals surface area contributed by atoms with E-state index in [-0.39, 0.29) is 12.0 Å². The van der Waals surface area contributed by atoms with Gasteiger partial charge in [-0.2, -0.15) is 0 Å². The first-order valence-corrected chi connectivity index (χ1v) is 7.32. The quantitative estimate of drug-likeness (QED) is 0.840. The van der Waals surface area contributed by atoms with Crippen molar-refractivity contribution in [3.8, 4) is 0 Å². The predicted octanol–water partition coefficient (Wildman–Crippen LogP) is 2.40. The Kier molecular flexibility index (Phi) is 3.31. The van der Waals surface area contributed by atoms with Gasteiger partial charge in [-0.1, -0.05) is 18.2 Å². The van der Waals surface area contributed by atoms with Gasteiger partial charge in [0.2, 0.25) is 5.91 Å². The van der Waals surface area contributed by atoms with E-state index in [1.807, 2.05) is 4.90 Å². The van der Waals surface area contributed by atoms with Crippen molar-refractivity contribution in [2.75, 3.05) is 11.4 Å². The molecule has 2 aliphatic rings. The van der Waals surface area contributed by atoms with Crippen LogP contribution in [0.1, 0.15) is 36.8 Å². The number of fused-ring (bicyclic) bond motifs is 1.